The number of carboxylic acids is 1. The van der Waals surface area contributed by atoms with E-state index in [1.54, 1.807) is 6.92 Å². The SMILES string of the molecule is CCNC(=O)CCN[C@H](C)C(=O)O. The molecular formula is C8H16N2O3. The minimum atomic E-state index is -0.907. The molecule has 0 radical (unpaired) electrons. The number of aliphatic carboxylic acids is 1. The van der Waals surface area contributed by atoms with Crippen molar-refractivity contribution in [3.05, 3.63) is 0 Å². The Morgan fingerprint density at radius 1 is 1.46 bits per heavy atom. The van der Waals surface area contributed by atoms with Crippen molar-refractivity contribution in [1.29, 1.82) is 0 Å². The van der Waals surface area contributed by atoms with Gasteiger partial charge in [0.2, 0.25) is 5.91 Å². The van der Waals surface area contributed by atoms with Crippen LogP contribution in [0, 0.1) is 0 Å². The van der Waals surface area contributed by atoms with Gasteiger partial charge in [-0.2, -0.15) is 0 Å². The van der Waals surface area contributed by atoms with E-state index >= 15 is 0 Å². The summed E-state index contributed by atoms with van der Waals surface area (Å²) >= 11 is 0. The fraction of sp³-hybridized carbons (Fsp3) is 0.750. The second kappa shape index (κ2) is 6.42. The van der Waals surface area contributed by atoms with E-state index < -0.39 is 12.0 Å². The molecule has 0 aromatic rings. The van der Waals surface area contributed by atoms with Crippen LogP contribution in [0.1, 0.15) is 20.3 Å². The summed E-state index contributed by atoms with van der Waals surface area (Å²) in [6.07, 6.45) is 0.311. The molecule has 5 nitrogen and oxygen atoms in total. The summed E-state index contributed by atoms with van der Waals surface area (Å²) in [6.45, 7) is 4.37. The van der Waals surface area contributed by atoms with E-state index in [9.17, 15) is 9.59 Å². The second-order valence-electron chi connectivity index (χ2n) is 2.72. The largest absolute Gasteiger partial charge is 0.480 e. The van der Waals surface area contributed by atoms with Crippen molar-refractivity contribution in [2.24, 2.45) is 0 Å². The quantitative estimate of drug-likeness (QED) is 0.529. The molecule has 0 saturated carbocycles. The van der Waals surface area contributed by atoms with Crippen molar-refractivity contribution in [2.45, 2.75) is 26.3 Å². The standard InChI is InChI=1S/C8H16N2O3/c1-3-9-7(11)4-5-10-6(2)8(12)13/h6,10H,3-5H2,1-2H3,(H,9,11)(H,12,13)/t6-/m1/s1. The summed E-state index contributed by atoms with van der Waals surface area (Å²) < 4.78 is 0. The van der Waals surface area contributed by atoms with Crippen LogP contribution in [0.4, 0.5) is 0 Å². The Labute approximate surface area is 77.5 Å². The van der Waals surface area contributed by atoms with Crippen LogP contribution < -0.4 is 10.6 Å². The molecule has 0 heterocycles. The van der Waals surface area contributed by atoms with E-state index in [1.807, 2.05) is 6.92 Å². The van der Waals surface area contributed by atoms with Gasteiger partial charge in [0, 0.05) is 19.5 Å². The topological polar surface area (TPSA) is 78.4 Å². The van der Waals surface area contributed by atoms with Crippen LogP contribution in [0.5, 0.6) is 0 Å². The summed E-state index contributed by atoms with van der Waals surface area (Å²) in [5.41, 5.74) is 0. The van der Waals surface area contributed by atoms with E-state index in [4.69, 9.17) is 5.11 Å². The lowest BCUT2D eigenvalue weighted by atomic mass is 10.3. The first kappa shape index (κ1) is 11.9. The van der Waals surface area contributed by atoms with Gasteiger partial charge in [-0.3, -0.25) is 9.59 Å². The highest BCUT2D eigenvalue weighted by Gasteiger charge is 2.09. The Morgan fingerprint density at radius 2 is 2.08 bits per heavy atom. The third-order valence-corrected chi connectivity index (χ3v) is 1.55. The minimum absolute atomic E-state index is 0.0624. The normalized spacial score (nSPS) is 12.2. The number of amides is 1. The van der Waals surface area contributed by atoms with Crippen LogP contribution in [-0.2, 0) is 9.59 Å². The fourth-order valence-corrected chi connectivity index (χ4v) is 0.775. The number of carboxylic acid groups (broad SMARTS) is 1. The molecule has 0 rings (SSSR count). The third-order valence-electron chi connectivity index (χ3n) is 1.55. The lowest BCUT2D eigenvalue weighted by Gasteiger charge is -2.08. The zero-order valence-electron chi connectivity index (χ0n) is 7.96. The Kier molecular flexibility index (Phi) is 5.88. The molecule has 1 amide bonds. The summed E-state index contributed by atoms with van der Waals surface area (Å²) in [6, 6.07) is -0.602. The molecule has 0 saturated heterocycles. The van der Waals surface area contributed by atoms with Gasteiger partial charge in [0.15, 0.2) is 0 Å². The number of carbonyl (C=O) groups excluding carboxylic acids is 1. The molecule has 5 heteroatoms. The van der Waals surface area contributed by atoms with Gasteiger partial charge in [-0.05, 0) is 13.8 Å². The van der Waals surface area contributed by atoms with E-state index in [0.29, 0.717) is 19.5 Å². The smallest absolute Gasteiger partial charge is 0.320 e. The van der Waals surface area contributed by atoms with Gasteiger partial charge in [0.05, 0.1) is 0 Å². The lowest BCUT2D eigenvalue weighted by Crippen LogP contribution is -2.36. The number of nitrogens with one attached hydrogen (secondary N) is 2. The van der Waals surface area contributed by atoms with Crippen LogP contribution in [0.25, 0.3) is 0 Å². The molecule has 0 aromatic carbocycles. The Bertz CT molecular complexity index is 182. The average molecular weight is 188 g/mol. The van der Waals surface area contributed by atoms with Crippen molar-refractivity contribution >= 4 is 11.9 Å². The first-order valence-corrected chi connectivity index (χ1v) is 4.30. The number of carbonyl (C=O) groups is 2. The highest BCUT2D eigenvalue weighted by molar-refractivity contribution is 5.76. The summed E-state index contributed by atoms with van der Waals surface area (Å²) in [5, 5.41) is 13.8. The first-order valence-electron chi connectivity index (χ1n) is 4.30. The molecule has 0 aliphatic carbocycles. The minimum Gasteiger partial charge on any atom is -0.480 e. The molecular weight excluding hydrogens is 172 g/mol. The van der Waals surface area contributed by atoms with E-state index in [1.165, 1.54) is 0 Å². The van der Waals surface area contributed by atoms with Crippen molar-refractivity contribution < 1.29 is 14.7 Å². The molecule has 76 valence electrons. The first-order chi connectivity index (χ1) is 6.07. The van der Waals surface area contributed by atoms with Crippen LogP contribution in [-0.4, -0.2) is 36.1 Å². The number of rotatable bonds is 6. The van der Waals surface area contributed by atoms with E-state index in [0.717, 1.165) is 0 Å². The monoisotopic (exact) mass is 188 g/mol. The molecule has 13 heavy (non-hydrogen) atoms. The van der Waals surface area contributed by atoms with Crippen LogP contribution in [0.2, 0.25) is 0 Å². The number of hydrogen-bond donors (Lipinski definition) is 3. The average Bonchev–Trinajstić information content (AvgIpc) is 2.04. The van der Waals surface area contributed by atoms with Crippen molar-refractivity contribution in [3.63, 3.8) is 0 Å². The van der Waals surface area contributed by atoms with Gasteiger partial charge in [-0.1, -0.05) is 0 Å². The van der Waals surface area contributed by atoms with Gasteiger partial charge in [0.25, 0.3) is 0 Å². The van der Waals surface area contributed by atoms with Crippen molar-refractivity contribution in [1.82, 2.24) is 10.6 Å². The zero-order chi connectivity index (χ0) is 10.3. The van der Waals surface area contributed by atoms with Crippen LogP contribution in [0.15, 0.2) is 0 Å². The van der Waals surface area contributed by atoms with E-state index in [-0.39, 0.29) is 5.91 Å². The molecule has 0 fully saturated rings. The van der Waals surface area contributed by atoms with Crippen molar-refractivity contribution in [2.75, 3.05) is 13.1 Å². The lowest BCUT2D eigenvalue weighted by molar-refractivity contribution is -0.139. The molecule has 0 bridgehead atoms. The maximum Gasteiger partial charge on any atom is 0.320 e. The van der Waals surface area contributed by atoms with Gasteiger partial charge < -0.3 is 15.7 Å². The van der Waals surface area contributed by atoms with Gasteiger partial charge in [-0.25, -0.2) is 0 Å². The zero-order valence-corrected chi connectivity index (χ0v) is 7.96. The van der Waals surface area contributed by atoms with Crippen LogP contribution in [0.3, 0.4) is 0 Å². The summed E-state index contributed by atoms with van der Waals surface area (Å²) in [5.74, 6) is -0.969. The van der Waals surface area contributed by atoms with Gasteiger partial charge >= 0.3 is 5.97 Å². The molecule has 0 spiro atoms. The second-order valence-corrected chi connectivity index (χ2v) is 2.72. The van der Waals surface area contributed by atoms with Gasteiger partial charge in [-0.15, -0.1) is 0 Å². The summed E-state index contributed by atoms with van der Waals surface area (Å²) in [7, 11) is 0. The molecule has 1 atom stereocenters. The Morgan fingerprint density at radius 3 is 2.54 bits per heavy atom. The molecule has 0 unspecified atom stereocenters. The predicted molar refractivity (Wildman–Crippen MR) is 48.4 cm³/mol. The molecule has 0 aliphatic rings. The summed E-state index contributed by atoms with van der Waals surface area (Å²) in [4.78, 5) is 21.2. The molecule has 0 aromatic heterocycles. The van der Waals surface area contributed by atoms with E-state index in [2.05, 4.69) is 10.6 Å². The fourth-order valence-electron chi connectivity index (χ4n) is 0.775. The molecule has 0 aliphatic heterocycles. The van der Waals surface area contributed by atoms with Crippen molar-refractivity contribution in [3.8, 4) is 0 Å². The highest BCUT2D eigenvalue weighted by Crippen LogP contribution is 1.83. The number of hydrogen-bond acceptors (Lipinski definition) is 3. The predicted octanol–water partition coefficient (Wildman–Crippen LogP) is -0.425. The molecule has 3 N–H and O–H groups in total. The Hall–Kier alpha value is -1.10. The van der Waals surface area contributed by atoms with Gasteiger partial charge in [0.1, 0.15) is 6.04 Å². The third kappa shape index (κ3) is 6.10. The maximum atomic E-state index is 10.9. The highest BCUT2D eigenvalue weighted by atomic mass is 16.4. The van der Waals surface area contributed by atoms with Crippen LogP contribution >= 0.6 is 0 Å². The Balaban J connectivity index is 3.44. The maximum absolute atomic E-state index is 10.9.